The molecule has 4 nitrogen and oxygen atoms in total. The van der Waals surface area contributed by atoms with Crippen molar-refractivity contribution in [2.45, 2.75) is 116 Å². The van der Waals surface area contributed by atoms with Gasteiger partial charge in [0, 0.05) is 12.2 Å². The molecule has 0 heterocycles. The van der Waals surface area contributed by atoms with E-state index in [1.807, 2.05) is 18.7 Å². The van der Waals surface area contributed by atoms with Crippen molar-refractivity contribution in [2.24, 2.45) is 0 Å². The van der Waals surface area contributed by atoms with Crippen LogP contribution in [0.5, 0.6) is 0 Å². The Kier molecular flexibility index (Phi) is 24.1. The highest BCUT2D eigenvalue weighted by molar-refractivity contribution is 7.99. The van der Waals surface area contributed by atoms with Crippen LogP contribution in [-0.4, -0.2) is 49.4 Å². The number of carbonyl (C=O) groups excluding carboxylic acids is 1. The minimum Gasteiger partial charge on any atom is -0.366 e. The van der Waals surface area contributed by atoms with Gasteiger partial charge in [-0.1, -0.05) is 102 Å². The molecule has 0 aliphatic rings. The first-order chi connectivity index (χ1) is 16.6. The fourth-order valence-electron chi connectivity index (χ4n) is 3.85. The third kappa shape index (κ3) is 22.6. The number of rotatable bonds is 25. The predicted octanol–water partition coefficient (Wildman–Crippen LogP) is 6.77. The molecule has 0 saturated heterocycles. The fraction of sp³-hybridized carbons (Fsp3) is 0.828. The Hall–Kier alpha value is -1.14. The molecule has 196 valence electrons. The number of carbonyl (C=O) groups is 1. The van der Waals surface area contributed by atoms with Gasteiger partial charge in [-0.05, 0) is 19.1 Å². The molecule has 0 bridgehead atoms. The maximum Gasteiger partial charge on any atom is 0.221 e. The Morgan fingerprint density at radius 1 is 0.765 bits per heavy atom. The van der Waals surface area contributed by atoms with Gasteiger partial charge in [0.25, 0.3) is 0 Å². The molecule has 0 aromatic carbocycles. The molecular weight excluding hydrogens is 442 g/mol. The lowest BCUT2D eigenvalue weighted by molar-refractivity contribution is -0.124. The number of ether oxygens (including phenoxy) is 2. The number of unbranched alkanes of at least 4 members (excludes halogenated alkanes) is 13. The summed E-state index contributed by atoms with van der Waals surface area (Å²) in [5.74, 6) is 6.83. The molecule has 0 aliphatic heterocycles. The lowest BCUT2D eigenvalue weighted by Gasteiger charge is -2.30. The number of terminal acetylenes is 2. The zero-order chi connectivity index (χ0) is 25.2. The van der Waals surface area contributed by atoms with E-state index in [-0.39, 0.29) is 19.1 Å². The summed E-state index contributed by atoms with van der Waals surface area (Å²) in [5.41, 5.74) is -0.635. The van der Waals surface area contributed by atoms with Crippen molar-refractivity contribution in [3.63, 3.8) is 0 Å². The molecule has 0 fully saturated rings. The highest BCUT2D eigenvalue weighted by Gasteiger charge is 2.27. The van der Waals surface area contributed by atoms with E-state index in [0.29, 0.717) is 19.6 Å². The monoisotopic (exact) mass is 493 g/mol. The average molecular weight is 494 g/mol. The van der Waals surface area contributed by atoms with Gasteiger partial charge >= 0.3 is 0 Å². The normalized spacial score (nSPS) is 11.2. The Morgan fingerprint density at radius 3 is 1.65 bits per heavy atom. The van der Waals surface area contributed by atoms with Crippen molar-refractivity contribution in [1.29, 1.82) is 0 Å². The second-order valence-corrected chi connectivity index (χ2v) is 10.7. The van der Waals surface area contributed by atoms with Crippen LogP contribution in [0.1, 0.15) is 110 Å². The summed E-state index contributed by atoms with van der Waals surface area (Å²) in [6, 6.07) is 0. The second kappa shape index (κ2) is 25.0. The van der Waals surface area contributed by atoms with Gasteiger partial charge in [0.05, 0.1) is 18.8 Å². The maximum absolute atomic E-state index is 12.4. The smallest absolute Gasteiger partial charge is 0.221 e. The average Bonchev–Trinajstić information content (AvgIpc) is 2.81. The van der Waals surface area contributed by atoms with E-state index in [0.717, 1.165) is 11.5 Å². The van der Waals surface area contributed by atoms with Crippen LogP contribution in [-0.2, 0) is 14.3 Å². The molecule has 1 amide bonds. The molecule has 5 heteroatoms. The largest absolute Gasteiger partial charge is 0.366 e. The van der Waals surface area contributed by atoms with Crippen molar-refractivity contribution in [2.75, 3.05) is 37.9 Å². The summed E-state index contributed by atoms with van der Waals surface area (Å²) in [6.45, 7) is 5.16. The topological polar surface area (TPSA) is 47.6 Å². The predicted molar refractivity (Wildman–Crippen MR) is 148 cm³/mol. The first-order valence-corrected chi connectivity index (χ1v) is 14.6. The maximum atomic E-state index is 12.4. The first kappa shape index (κ1) is 32.9. The minimum atomic E-state index is -0.635. The third-order valence-corrected chi connectivity index (χ3v) is 6.84. The standard InChI is InChI=1S/C29H51NO3S/c1-5-8-9-10-11-12-13-14-15-16-17-18-19-20-24-34-25-21-28(31)30-29(4,26-32-22-6-2)27-33-23-7-3/h2-3H,5,8-27H2,1,4H3,(H,30,31). The van der Waals surface area contributed by atoms with Crippen LogP contribution in [0, 0.1) is 24.7 Å². The van der Waals surface area contributed by atoms with Gasteiger partial charge in [-0.2, -0.15) is 11.8 Å². The van der Waals surface area contributed by atoms with Crippen LogP contribution in [0.25, 0.3) is 0 Å². The fourth-order valence-corrected chi connectivity index (χ4v) is 4.79. The first-order valence-electron chi connectivity index (χ1n) is 13.5. The Bertz CT molecular complexity index is 533. The molecule has 0 aromatic rings. The highest BCUT2D eigenvalue weighted by Crippen LogP contribution is 2.14. The lowest BCUT2D eigenvalue weighted by atomic mass is 10.0. The zero-order valence-corrected chi connectivity index (χ0v) is 23.0. The molecule has 0 atom stereocenters. The molecule has 0 spiro atoms. The van der Waals surface area contributed by atoms with E-state index in [9.17, 15) is 4.79 Å². The van der Waals surface area contributed by atoms with Crippen LogP contribution in [0.15, 0.2) is 0 Å². The Balaban J connectivity index is 3.62. The van der Waals surface area contributed by atoms with Crippen LogP contribution in [0.2, 0.25) is 0 Å². The highest BCUT2D eigenvalue weighted by atomic mass is 32.2. The minimum absolute atomic E-state index is 0.00424. The number of nitrogens with one attached hydrogen (secondary N) is 1. The van der Waals surface area contributed by atoms with Crippen molar-refractivity contribution in [1.82, 2.24) is 5.32 Å². The van der Waals surface area contributed by atoms with Crippen molar-refractivity contribution >= 4 is 17.7 Å². The number of amides is 1. The van der Waals surface area contributed by atoms with Crippen molar-refractivity contribution < 1.29 is 14.3 Å². The summed E-state index contributed by atoms with van der Waals surface area (Å²) >= 11 is 1.86. The van der Waals surface area contributed by atoms with E-state index < -0.39 is 5.54 Å². The Morgan fingerprint density at radius 2 is 1.21 bits per heavy atom. The molecular formula is C29H51NO3S. The van der Waals surface area contributed by atoms with Gasteiger partial charge in [0.15, 0.2) is 0 Å². The molecule has 0 radical (unpaired) electrons. The zero-order valence-electron chi connectivity index (χ0n) is 22.1. The van der Waals surface area contributed by atoms with E-state index >= 15 is 0 Å². The van der Waals surface area contributed by atoms with Crippen LogP contribution in [0.4, 0.5) is 0 Å². The van der Waals surface area contributed by atoms with E-state index in [1.54, 1.807) is 0 Å². The van der Waals surface area contributed by atoms with Gasteiger partial charge in [-0.3, -0.25) is 4.79 Å². The molecule has 34 heavy (non-hydrogen) atoms. The molecule has 1 N–H and O–H groups in total. The molecule has 0 unspecified atom stereocenters. The van der Waals surface area contributed by atoms with E-state index in [2.05, 4.69) is 24.1 Å². The van der Waals surface area contributed by atoms with E-state index in [1.165, 1.54) is 89.9 Å². The molecule has 0 saturated carbocycles. The van der Waals surface area contributed by atoms with Gasteiger partial charge < -0.3 is 14.8 Å². The van der Waals surface area contributed by atoms with Crippen LogP contribution >= 0.6 is 11.8 Å². The summed E-state index contributed by atoms with van der Waals surface area (Å²) < 4.78 is 10.9. The molecule has 0 aromatic heterocycles. The van der Waals surface area contributed by atoms with Crippen molar-refractivity contribution in [3.05, 3.63) is 0 Å². The van der Waals surface area contributed by atoms with Gasteiger partial charge in [0.2, 0.25) is 5.91 Å². The van der Waals surface area contributed by atoms with Gasteiger partial charge in [-0.25, -0.2) is 0 Å². The van der Waals surface area contributed by atoms with E-state index in [4.69, 9.17) is 22.3 Å². The number of hydrogen-bond donors (Lipinski definition) is 1. The lowest BCUT2D eigenvalue weighted by Crippen LogP contribution is -2.53. The third-order valence-electron chi connectivity index (χ3n) is 5.77. The van der Waals surface area contributed by atoms with Crippen molar-refractivity contribution in [3.8, 4) is 24.7 Å². The summed E-state index contributed by atoms with van der Waals surface area (Å²) in [7, 11) is 0. The van der Waals surface area contributed by atoms with Crippen LogP contribution in [0.3, 0.4) is 0 Å². The molecule has 0 rings (SSSR count). The number of hydrogen-bond acceptors (Lipinski definition) is 4. The summed E-state index contributed by atoms with van der Waals surface area (Å²) in [4.78, 5) is 12.4. The molecule has 0 aliphatic carbocycles. The van der Waals surface area contributed by atoms with Crippen LogP contribution < -0.4 is 5.32 Å². The quantitative estimate of drug-likeness (QED) is 0.113. The second-order valence-electron chi connectivity index (χ2n) is 9.46. The summed E-state index contributed by atoms with van der Waals surface area (Å²) in [5, 5.41) is 3.03. The van der Waals surface area contributed by atoms with Gasteiger partial charge in [0.1, 0.15) is 13.2 Å². The number of thioether (sulfide) groups is 1. The summed E-state index contributed by atoms with van der Waals surface area (Å²) in [6.07, 6.45) is 30.3. The Labute approximate surface area is 215 Å². The SMILES string of the molecule is C#CCOCC(C)(COCC#C)NC(=O)CCSCCCCCCCCCCCCCCCC. The van der Waals surface area contributed by atoms with Gasteiger partial charge in [-0.15, -0.1) is 12.8 Å².